The van der Waals surface area contributed by atoms with E-state index in [0.29, 0.717) is 0 Å². The molecule has 0 radical (unpaired) electrons. The zero-order chi connectivity index (χ0) is 85.5. The molecular weight excluding hydrogens is 1760 g/mol. The van der Waals surface area contributed by atoms with Crippen molar-refractivity contribution in [3.63, 3.8) is 0 Å². The molecule has 0 unspecified atom stereocenters. The number of nitrogens with zero attached hydrogens (tertiary/aromatic N) is 2. The van der Waals surface area contributed by atoms with Crippen molar-refractivity contribution in [2.45, 2.75) is 24.6 Å². The standard InChI is InChI=1S/C120H94N4P4.4ClH/c1-13-37-97(38-14-1)125(98-39-15-2-16-40-98,99-41-17-3-18-42-99)85-89-61-69-93(70-62-89)117-109-77-79-111(121-109)118(94-71-63-90(64-72-94)86-126(100-43-19-4-20-44-100,101-45-21-5-22-46-101)102-47-23-6-24-48-102)113-81-83-115(123-113)120(96-75-67-92(68-76-96)88-128(106-55-31-10-32-56-106,107-57-33-11-34-58-107)108-59-35-12-36-60-108)116-84-82-114(124-116)119(112-80-78-110(117)122-112)95-73-65-91(66-74-95)87-127(103-49-25-7-26-50-103,104-51-27-8-28-52-104)105-53-29-9-30-54-105;;;;/h1-84,121,124H,85-88H2;4*1H/q+4;;;;/p-4. The van der Waals surface area contributed by atoms with Crippen molar-refractivity contribution in [2.24, 2.45) is 0 Å². The molecule has 132 heavy (non-hydrogen) atoms. The molecule has 5 heterocycles. The minimum absolute atomic E-state index is 0. The van der Waals surface area contributed by atoms with Crippen molar-refractivity contribution in [1.82, 2.24) is 19.9 Å². The molecule has 8 bridgehead atoms. The first-order valence-corrected chi connectivity index (χ1v) is 52.0. The van der Waals surface area contributed by atoms with Crippen molar-refractivity contribution < 1.29 is 49.6 Å². The molecule has 0 saturated carbocycles. The number of hydrogen-bond acceptors (Lipinski definition) is 2. The van der Waals surface area contributed by atoms with Gasteiger partial charge < -0.3 is 59.6 Å². The summed E-state index contributed by atoms with van der Waals surface area (Å²) in [5.41, 5.74) is 20.3. The number of aromatic amines is 2. The van der Waals surface area contributed by atoms with Crippen LogP contribution in [-0.2, 0) is 24.6 Å². The van der Waals surface area contributed by atoms with Crippen LogP contribution in [-0.4, -0.2) is 19.9 Å². The first kappa shape index (κ1) is 90.9. The average molecular weight is 1860 g/mol. The van der Waals surface area contributed by atoms with E-state index in [9.17, 15) is 0 Å². The fourth-order valence-electron chi connectivity index (χ4n) is 19.7. The summed E-state index contributed by atoms with van der Waals surface area (Å²) in [5, 5.41) is 16.2. The fraction of sp³-hybridized carbons (Fsp3) is 0.0333. The van der Waals surface area contributed by atoms with Crippen molar-refractivity contribution in [2.75, 3.05) is 0 Å². The van der Waals surface area contributed by atoms with Crippen LogP contribution in [0.4, 0.5) is 0 Å². The van der Waals surface area contributed by atoms with Crippen LogP contribution >= 0.6 is 29.0 Å². The summed E-state index contributed by atoms with van der Waals surface area (Å²) >= 11 is 0. The zero-order valence-electron chi connectivity index (χ0n) is 72.5. The van der Waals surface area contributed by atoms with Gasteiger partial charge in [-0.1, -0.05) is 315 Å². The number of H-pyrrole nitrogens is 2. The van der Waals surface area contributed by atoms with Crippen LogP contribution in [0.25, 0.3) is 90.9 Å². The van der Waals surface area contributed by atoms with Gasteiger partial charge in [0.05, 0.1) is 47.4 Å². The van der Waals surface area contributed by atoms with E-state index in [1.807, 2.05) is 0 Å². The van der Waals surface area contributed by atoms with Gasteiger partial charge in [0, 0.05) is 44.3 Å². The highest BCUT2D eigenvalue weighted by Crippen LogP contribution is 2.62. The van der Waals surface area contributed by atoms with Crippen LogP contribution in [0.15, 0.2) is 485 Å². The van der Waals surface area contributed by atoms with Gasteiger partial charge in [0.2, 0.25) is 0 Å². The van der Waals surface area contributed by atoms with E-state index in [4.69, 9.17) is 9.97 Å². The smallest absolute Gasteiger partial charge is 0.116 e. The number of aromatic nitrogens is 4. The zero-order valence-corrected chi connectivity index (χ0v) is 79.1. The molecule has 12 heteroatoms. The Labute approximate surface area is 801 Å². The minimum Gasteiger partial charge on any atom is -1.00 e. The molecule has 2 N–H and O–H groups in total. The summed E-state index contributed by atoms with van der Waals surface area (Å²) in [4.78, 5) is 20.3. The van der Waals surface area contributed by atoms with Crippen LogP contribution in [0.3, 0.4) is 0 Å². The Kier molecular flexibility index (Phi) is 28.1. The third-order valence-electron chi connectivity index (χ3n) is 25.8. The van der Waals surface area contributed by atoms with Gasteiger partial charge in [-0.2, -0.15) is 0 Å². The molecule has 2 aliphatic rings. The van der Waals surface area contributed by atoms with Gasteiger partial charge >= 0.3 is 0 Å². The number of benzene rings is 16. The van der Waals surface area contributed by atoms with Crippen LogP contribution in [0.5, 0.6) is 0 Å². The highest BCUT2D eigenvalue weighted by atomic mass is 35.5. The van der Waals surface area contributed by atoms with E-state index in [1.165, 1.54) is 85.9 Å². The third kappa shape index (κ3) is 17.6. The number of fused-ring (bicyclic) bond motifs is 8. The Morgan fingerprint density at radius 3 is 0.409 bits per heavy atom. The van der Waals surface area contributed by atoms with Gasteiger partial charge in [-0.3, -0.25) is 0 Å². The summed E-state index contributed by atoms with van der Waals surface area (Å²) in [6, 6.07) is 182. The van der Waals surface area contributed by atoms with E-state index in [2.05, 4.69) is 520 Å². The second kappa shape index (κ2) is 40.8. The fourth-order valence-corrected chi connectivity index (χ4v) is 36.7. The lowest BCUT2D eigenvalue weighted by Crippen LogP contribution is -3.00. The summed E-state index contributed by atoms with van der Waals surface area (Å²) in [6.45, 7) is 0. The molecule has 0 amide bonds. The highest BCUT2D eigenvalue weighted by Gasteiger charge is 2.50. The topological polar surface area (TPSA) is 57.4 Å². The molecular formula is C120H94Cl4N4P4. The molecule has 0 aliphatic carbocycles. The molecule has 0 atom stereocenters. The van der Waals surface area contributed by atoms with E-state index >= 15 is 0 Å². The summed E-state index contributed by atoms with van der Waals surface area (Å²) in [5.74, 6) is 0. The molecule has 0 spiro atoms. The van der Waals surface area contributed by atoms with Crippen LogP contribution < -0.4 is 113 Å². The van der Waals surface area contributed by atoms with E-state index < -0.39 is 29.0 Å². The number of hydrogen-bond donors (Lipinski definition) is 2. The van der Waals surface area contributed by atoms with Gasteiger partial charge in [0.25, 0.3) is 0 Å². The maximum atomic E-state index is 5.98. The Bertz CT molecular complexity index is 6080. The lowest BCUT2D eigenvalue weighted by atomic mass is 10.0. The Balaban J connectivity index is 0.00000304. The van der Waals surface area contributed by atoms with Gasteiger partial charge in [-0.05, 0) is 239 Å². The number of nitrogens with one attached hydrogen (secondary N) is 2. The summed E-state index contributed by atoms with van der Waals surface area (Å²) in [7, 11) is -9.05. The second-order valence-electron chi connectivity index (χ2n) is 33.2. The molecule has 4 nitrogen and oxygen atoms in total. The molecule has 16 aromatic carbocycles. The molecule has 3 aromatic heterocycles. The Hall–Kier alpha value is -13.0. The maximum absolute atomic E-state index is 5.98. The van der Waals surface area contributed by atoms with Gasteiger partial charge in [0.1, 0.15) is 92.7 Å². The normalized spacial score (nSPS) is 11.8. The van der Waals surface area contributed by atoms with Gasteiger partial charge in [-0.15, -0.1) is 0 Å². The summed E-state index contributed by atoms with van der Waals surface area (Å²) in [6.07, 6.45) is 12.3. The second-order valence-corrected chi connectivity index (χ2v) is 47.1. The van der Waals surface area contributed by atoms with Gasteiger partial charge in [-0.25, -0.2) is 9.97 Å². The molecule has 642 valence electrons. The lowest BCUT2D eigenvalue weighted by molar-refractivity contribution is -0.00100. The van der Waals surface area contributed by atoms with E-state index in [0.717, 1.165) is 114 Å². The molecule has 19 aromatic rings. The predicted octanol–water partition coefficient (Wildman–Crippen LogP) is 13.3. The van der Waals surface area contributed by atoms with Crippen LogP contribution in [0, 0.1) is 0 Å². The lowest BCUT2D eigenvalue weighted by Gasteiger charge is -2.28. The van der Waals surface area contributed by atoms with Gasteiger partial charge in [0.15, 0.2) is 0 Å². The van der Waals surface area contributed by atoms with Crippen molar-refractivity contribution in [3.8, 4) is 44.5 Å². The van der Waals surface area contributed by atoms with Crippen molar-refractivity contribution >= 4 is 139 Å². The number of halogens is 4. The van der Waals surface area contributed by atoms with Crippen LogP contribution in [0.1, 0.15) is 45.0 Å². The summed E-state index contributed by atoms with van der Waals surface area (Å²) < 4.78 is 0. The maximum Gasteiger partial charge on any atom is 0.116 e. The Morgan fingerprint density at radius 1 is 0.152 bits per heavy atom. The first-order chi connectivity index (χ1) is 63.4. The van der Waals surface area contributed by atoms with Crippen molar-refractivity contribution in [3.05, 3.63) is 530 Å². The Morgan fingerprint density at radius 2 is 0.280 bits per heavy atom. The largest absolute Gasteiger partial charge is 1.00 e. The van der Waals surface area contributed by atoms with Crippen LogP contribution in [0.2, 0.25) is 0 Å². The highest BCUT2D eigenvalue weighted by molar-refractivity contribution is 7.96. The third-order valence-corrected chi connectivity index (χ3v) is 43.3. The van der Waals surface area contributed by atoms with Crippen molar-refractivity contribution in [1.29, 1.82) is 0 Å². The van der Waals surface area contributed by atoms with E-state index in [-0.39, 0.29) is 49.6 Å². The average Bonchev–Trinajstić information content (AvgIpc) is 0.808. The first-order valence-electron chi connectivity index (χ1n) is 44.1. The predicted molar refractivity (Wildman–Crippen MR) is 556 cm³/mol. The molecule has 0 fully saturated rings. The molecule has 21 rings (SSSR count). The molecule has 0 saturated heterocycles. The SMILES string of the molecule is C1=Cc2nc1c(-c1ccc(C[P+](c3ccccc3)(c3ccccc3)c3ccccc3)cc1)c1ccc([nH]1)c(-c1ccc(C[P+](c3ccccc3)(c3ccccc3)c3ccccc3)cc1)c1nc(c(-c3ccc(C[P+](c4ccccc4)(c4ccccc4)c4ccccc4)cc3)c3ccc([nH]3)c2-c2ccc(C[P+](c3ccccc3)(c3ccccc3)c3ccccc3)cc2)C=C1.[Cl-].[Cl-].[Cl-].[Cl-]. The molecule has 2 aliphatic heterocycles. The minimum atomic E-state index is -2.26. The number of rotatable bonds is 24. The van der Waals surface area contributed by atoms with E-state index in [1.54, 1.807) is 0 Å². The monoisotopic (exact) mass is 1850 g/mol. The quantitative estimate of drug-likeness (QED) is 0.0593.